The van der Waals surface area contributed by atoms with Gasteiger partial charge in [-0.15, -0.1) is 0 Å². The van der Waals surface area contributed by atoms with Crippen molar-refractivity contribution in [3.05, 3.63) is 53.3 Å². The van der Waals surface area contributed by atoms with Gasteiger partial charge in [0.2, 0.25) is 5.88 Å². The molecule has 0 bridgehead atoms. The summed E-state index contributed by atoms with van der Waals surface area (Å²) in [4.78, 5) is 8.04. The van der Waals surface area contributed by atoms with Crippen LogP contribution in [0.2, 0.25) is 5.02 Å². The molecule has 0 fully saturated rings. The van der Waals surface area contributed by atoms with Gasteiger partial charge in [0.1, 0.15) is 17.9 Å². The molecule has 4 nitrogen and oxygen atoms in total. The van der Waals surface area contributed by atoms with Gasteiger partial charge in [0, 0.05) is 15.8 Å². The molecule has 0 atom stereocenters. The first-order valence-corrected chi connectivity index (χ1v) is 6.47. The van der Waals surface area contributed by atoms with E-state index in [1.54, 1.807) is 6.07 Å². The molecular weight excluding hydrogens is 274 g/mol. The molecule has 0 aliphatic heterocycles. The van der Waals surface area contributed by atoms with Gasteiger partial charge in [-0.05, 0) is 19.1 Å². The summed E-state index contributed by atoms with van der Waals surface area (Å²) in [7, 11) is 0. The summed E-state index contributed by atoms with van der Waals surface area (Å²) in [6, 6.07) is 11.4. The Balaban J connectivity index is 2.12. The molecule has 0 spiro atoms. The second-order valence-corrected chi connectivity index (χ2v) is 4.79. The standard InChI is InChI=1S/C15H12ClN3O/c1-9-14(17)18-8-19-15(9)20-13-7-6-12(16)10-4-2-3-5-11(10)13/h2-8H,1H3,(H2,17,18,19). The molecule has 3 rings (SSSR count). The summed E-state index contributed by atoms with van der Waals surface area (Å²) < 4.78 is 5.87. The lowest BCUT2D eigenvalue weighted by atomic mass is 10.1. The summed E-state index contributed by atoms with van der Waals surface area (Å²) in [6.45, 7) is 1.82. The van der Waals surface area contributed by atoms with Crippen LogP contribution in [0.1, 0.15) is 5.56 Å². The lowest BCUT2D eigenvalue weighted by Crippen LogP contribution is -1.99. The topological polar surface area (TPSA) is 61.0 Å². The van der Waals surface area contributed by atoms with E-state index >= 15 is 0 Å². The monoisotopic (exact) mass is 285 g/mol. The Labute approximate surface area is 121 Å². The summed E-state index contributed by atoms with van der Waals surface area (Å²) in [5.41, 5.74) is 6.47. The average Bonchev–Trinajstić information content (AvgIpc) is 2.47. The second-order valence-electron chi connectivity index (χ2n) is 4.38. The first-order valence-electron chi connectivity index (χ1n) is 6.09. The number of hydrogen-bond donors (Lipinski definition) is 1. The molecule has 2 aromatic carbocycles. The van der Waals surface area contributed by atoms with E-state index in [1.807, 2.05) is 37.3 Å². The van der Waals surface area contributed by atoms with Gasteiger partial charge < -0.3 is 10.5 Å². The molecule has 2 N–H and O–H groups in total. The number of hydrogen-bond acceptors (Lipinski definition) is 4. The zero-order chi connectivity index (χ0) is 14.1. The molecule has 1 aromatic heterocycles. The van der Waals surface area contributed by atoms with E-state index in [2.05, 4.69) is 9.97 Å². The zero-order valence-corrected chi connectivity index (χ0v) is 11.6. The molecule has 0 saturated carbocycles. The van der Waals surface area contributed by atoms with Crippen molar-refractivity contribution < 1.29 is 4.74 Å². The Kier molecular flexibility index (Phi) is 3.16. The van der Waals surface area contributed by atoms with Gasteiger partial charge in [0.05, 0.1) is 5.56 Å². The zero-order valence-electron chi connectivity index (χ0n) is 10.8. The van der Waals surface area contributed by atoms with Crippen LogP contribution in [-0.4, -0.2) is 9.97 Å². The average molecular weight is 286 g/mol. The van der Waals surface area contributed by atoms with E-state index in [4.69, 9.17) is 22.1 Å². The van der Waals surface area contributed by atoms with E-state index in [0.717, 1.165) is 10.8 Å². The molecule has 0 radical (unpaired) electrons. The molecule has 0 saturated heterocycles. The smallest absolute Gasteiger partial charge is 0.227 e. The summed E-state index contributed by atoms with van der Waals surface area (Å²) in [5.74, 6) is 1.55. The predicted octanol–water partition coefficient (Wildman–Crippen LogP) is 3.97. The molecule has 0 aliphatic carbocycles. The van der Waals surface area contributed by atoms with Gasteiger partial charge in [0.15, 0.2) is 0 Å². The van der Waals surface area contributed by atoms with Crippen LogP contribution < -0.4 is 10.5 Å². The molecular formula is C15H12ClN3O. The fraction of sp³-hybridized carbons (Fsp3) is 0.0667. The number of aromatic nitrogens is 2. The molecule has 5 heteroatoms. The van der Waals surface area contributed by atoms with E-state index in [9.17, 15) is 0 Å². The van der Waals surface area contributed by atoms with Crippen molar-refractivity contribution >= 4 is 28.2 Å². The summed E-state index contributed by atoms with van der Waals surface area (Å²) >= 11 is 6.19. The first-order chi connectivity index (χ1) is 9.66. The van der Waals surface area contributed by atoms with E-state index in [1.165, 1.54) is 6.33 Å². The first kappa shape index (κ1) is 12.7. The van der Waals surface area contributed by atoms with Crippen molar-refractivity contribution in [1.82, 2.24) is 9.97 Å². The highest BCUT2D eigenvalue weighted by Crippen LogP contribution is 2.34. The van der Waals surface area contributed by atoms with E-state index < -0.39 is 0 Å². The molecule has 3 aromatic rings. The van der Waals surface area contributed by atoms with Crippen LogP contribution in [0.4, 0.5) is 5.82 Å². The largest absolute Gasteiger partial charge is 0.438 e. The number of benzene rings is 2. The SMILES string of the molecule is Cc1c(N)ncnc1Oc1ccc(Cl)c2ccccc12. The maximum absolute atomic E-state index is 6.19. The van der Waals surface area contributed by atoms with Crippen LogP contribution in [0.15, 0.2) is 42.7 Å². The minimum absolute atomic E-state index is 0.410. The number of nitrogens with two attached hydrogens (primary N) is 1. The van der Waals surface area contributed by atoms with Gasteiger partial charge >= 0.3 is 0 Å². The minimum Gasteiger partial charge on any atom is -0.438 e. The quantitative estimate of drug-likeness (QED) is 0.774. The number of anilines is 1. The van der Waals surface area contributed by atoms with Crippen molar-refractivity contribution in [2.75, 3.05) is 5.73 Å². The molecule has 1 heterocycles. The third-order valence-corrected chi connectivity index (χ3v) is 3.44. The Morgan fingerprint density at radius 3 is 2.60 bits per heavy atom. The van der Waals surface area contributed by atoms with Gasteiger partial charge in [-0.2, -0.15) is 0 Å². The van der Waals surface area contributed by atoms with Crippen molar-refractivity contribution in [3.8, 4) is 11.6 Å². The number of nitrogens with zero attached hydrogens (tertiary/aromatic N) is 2. The van der Waals surface area contributed by atoms with Crippen LogP contribution in [0.25, 0.3) is 10.8 Å². The van der Waals surface area contributed by atoms with E-state index in [-0.39, 0.29) is 0 Å². The Morgan fingerprint density at radius 1 is 1.05 bits per heavy atom. The fourth-order valence-corrected chi connectivity index (χ4v) is 2.21. The highest BCUT2D eigenvalue weighted by molar-refractivity contribution is 6.35. The molecule has 0 unspecified atom stereocenters. The van der Waals surface area contributed by atoms with Crippen LogP contribution in [-0.2, 0) is 0 Å². The molecule has 20 heavy (non-hydrogen) atoms. The number of fused-ring (bicyclic) bond motifs is 1. The van der Waals surface area contributed by atoms with Gasteiger partial charge in [-0.25, -0.2) is 9.97 Å². The van der Waals surface area contributed by atoms with Crippen LogP contribution in [0, 0.1) is 6.92 Å². The van der Waals surface area contributed by atoms with E-state index in [0.29, 0.717) is 28.0 Å². The molecule has 0 aliphatic rings. The number of ether oxygens (including phenoxy) is 1. The number of nitrogen functional groups attached to an aromatic ring is 1. The highest BCUT2D eigenvalue weighted by atomic mass is 35.5. The van der Waals surface area contributed by atoms with Crippen LogP contribution >= 0.6 is 11.6 Å². The van der Waals surface area contributed by atoms with Gasteiger partial charge in [-0.1, -0.05) is 35.9 Å². The molecule has 100 valence electrons. The lowest BCUT2D eigenvalue weighted by Gasteiger charge is -2.11. The maximum atomic E-state index is 6.19. The normalized spacial score (nSPS) is 10.7. The Hall–Kier alpha value is -2.33. The van der Waals surface area contributed by atoms with Crippen LogP contribution in [0.5, 0.6) is 11.6 Å². The Bertz CT molecular complexity index is 789. The van der Waals surface area contributed by atoms with Crippen molar-refractivity contribution in [2.45, 2.75) is 6.92 Å². The third-order valence-electron chi connectivity index (χ3n) is 3.11. The van der Waals surface area contributed by atoms with Gasteiger partial charge in [0.25, 0.3) is 0 Å². The third kappa shape index (κ3) is 2.14. The summed E-state index contributed by atoms with van der Waals surface area (Å²) in [5, 5.41) is 2.55. The lowest BCUT2D eigenvalue weighted by molar-refractivity contribution is 0.463. The van der Waals surface area contributed by atoms with Crippen molar-refractivity contribution in [2.24, 2.45) is 0 Å². The number of halogens is 1. The van der Waals surface area contributed by atoms with Crippen molar-refractivity contribution in [3.63, 3.8) is 0 Å². The Morgan fingerprint density at radius 2 is 1.80 bits per heavy atom. The predicted molar refractivity (Wildman–Crippen MR) is 80.2 cm³/mol. The van der Waals surface area contributed by atoms with Crippen molar-refractivity contribution in [1.29, 1.82) is 0 Å². The van der Waals surface area contributed by atoms with Gasteiger partial charge in [-0.3, -0.25) is 0 Å². The van der Waals surface area contributed by atoms with Crippen LogP contribution in [0.3, 0.4) is 0 Å². The summed E-state index contributed by atoms with van der Waals surface area (Å²) in [6.07, 6.45) is 1.38. The maximum Gasteiger partial charge on any atom is 0.227 e. The molecule has 0 amide bonds. The second kappa shape index (κ2) is 4.98. The highest BCUT2D eigenvalue weighted by Gasteiger charge is 2.10. The fourth-order valence-electron chi connectivity index (χ4n) is 1.98. The number of rotatable bonds is 2. The minimum atomic E-state index is 0.410.